The maximum atomic E-state index is 12.2. The van der Waals surface area contributed by atoms with Crippen molar-refractivity contribution in [1.29, 1.82) is 0 Å². The van der Waals surface area contributed by atoms with Crippen molar-refractivity contribution in [2.24, 2.45) is 11.7 Å². The van der Waals surface area contributed by atoms with Crippen LogP contribution in [0.25, 0.3) is 0 Å². The van der Waals surface area contributed by atoms with Crippen LogP contribution in [-0.4, -0.2) is 29.9 Å². The van der Waals surface area contributed by atoms with E-state index in [1.807, 2.05) is 11.9 Å². The Labute approximate surface area is 100 Å². The average molecular weight is 228 g/mol. The molecule has 0 unspecified atom stereocenters. The van der Waals surface area contributed by atoms with Gasteiger partial charge in [0.05, 0.1) is 0 Å². The molecule has 1 amide bonds. The summed E-state index contributed by atoms with van der Waals surface area (Å²) >= 11 is 0. The Morgan fingerprint density at radius 1 is 1.31 bits per heavy atom. The lowest BCUT2D eigenvalue weighted by Gasteiger charge is -2.34. The van der Waals surface area contributed by atoms with Gasteiger partial charge in [-0.2, -0.15) is 0 Å². The normalized spacial score (nSPS) is 13.6. The Balaban J connectivity index is 4.30. The van der Waals surface area contributed by atoms with Crippen LogP contribution in [0.2, 0.25) is 0 Å². The third-order valence-electron chi connectivity index (χ3n) is 3.19. The Morgan fingerprint density at radius 3 is 2.25 bits per heavy atom. The van der Waals surface area contributed by atoms with Gasteiger partial charge in [0.15, 0.2) is 0 Å². The lowest BCUT2D eigenvalue weighted by Crippen LogP contribution is -2.45. The molecule has 16 heavy (non-hydrogen) atoms. The fraction of sp³-hybridized carbons (Fsp3) is 0.923. The minimum Gasteiger partial charge on any atom is -0.341 e. The molecule has 0 aromatic rings. The van der Waals surface area contributed by atoms with Gasteiger partial charge in [-0.3, -0.25) is 4.79 Å². The van der Waals surface area contributed by atoms with Crippen LogP contribution in [0.15, 0.2) is 0 Å². The highest BCUT2D eigenvalue weighted by molar-refractivity contribution is 5.79. The largest absolute Gasteiger partial charge is 0.341 e. The first-order valence-electron chi connectivity index (χ1n) is 6.32. The molecule has 0 heterocycles. The molecular formula is C13H28N2O. The van der Waals surface area contributed by atoms with Crippen molar-refractivity contribution in [2.45, 2.75) is 58.9 Å². The summed E-state index contributed by atoms with van der Waals surface area (Å²) in [6, 6.07) is 0. The number of unbranched alkanes of at least 4 members (excludes halogenated alkanes) is 1. The number of carbonyl (C=O) groups is 1. The van der Waals surface area contributed by atoms with Crippen LogP contribution in [0.1, 0.15) is 53.4 Å². The standard InChI is InChI=1S/C13H28N2O/c1-6-11(9-7-8-10-14)12(16)15(5)13(2,3)4/h11H,6-10,14H2,1-5H3/t11-/m0/s1. The third kappa shape index (κ3) is 4.97. The zero-order chi connectivity index (χ0) is 12.8. The summed E-state index contributed by atoms with van der Waals surface area (Å²) in [5.41, 5.74) is 5.38. The third-order valence-corrected chi connectivity index (χ3v) is 3.19. The van der Waals surface area contributed by atoms with Crippen molar-refractivity contribution in [1.82, 2.24) is 4.90 Å². The van der Waals surface area contributed by atoms with Gasteiger partial charge in [-0.05, 0) is 46.6 Å². The lowest BCUT2D eigenvalue weighted by molar-refractivity contribution is -0.138. The van der Waals surface area contributed by atoms with Crippen molar-refractivity contribution in [2.75, 3.05) is 13.6 Å². The molecule has 0 aromatic carbocycles. The van der Waals surface area contributed by atoms with Gasteiger partial charge in [0.1, 0.15) is 0 Å². The monoisotopic (exact) mass is 228 g/mol. The second kappa shape index (κ2) is 6.89. The number of rotatable bonds is 6. The number of hydrogen-bond donors (Lipinski definition) is 1. The summed E-state index contributed by atoms with van der Waals surface area (Å²) in [6.07, 6.45) is 3.96. The van der Waals surface area contributed by atoms with Crippen LogP contribution in [-0.2, 0) is 4.79 Å². The highest BCUT2D eigenvalue weighted by atomic mass is 16.2. The van der Waals surface area contributed by atoms with E-state index in [1.165, 1.54) is 0 Å². The van der Waals surface area contributed by atoms with Crippen LogP contribution in [0.3, 0.4) is 0 Å². The van der Waals surface area contributed by atoms with Crippen LogP contribution in [0.5, 0.6) is 0 Å². The Hall–Kier alpha value is -0.570. The molecule has 0 aliphatic heterocycles. The summed E-state index contributed by atoms with van der Waals surface area (Å²) in [4.78, 5) is 14.1. The van der Waals surface area contributed by atoms with E-state index in [0.717, 1.165) is 32.2 Å². The summed E-state index contributed by atoms with van der Waals surface area (Å²) in [6.45, 7) is 9.01. The second-order valence-electron chi connectivity index (χ2n) is 5.46. The van der Waals surface area contributed by atoms with Gasteiger partial charge < -0.3 is 10.6 Å². The van der Waals surface area contributed by atoms with Gasteiger partial charge in [-0.15, -0.1) is 0 Å². The summed E-state index contributed by atoms with van der Waals surface area (Å²) in [5, 5.41) is 0. The number of hydrogen-bond acceptors (Lipinski definition) is 2. The average Bonchev–Trinajstić information content (AvgIpc) is 2.21. The van der Waals surface area contributed by atoms with Gasteiger partial charge in [0.2, 0.25) is 5.91 Å². The molecule has 0 rings (SSSR count). The van der Waals surface area contributed by atoms with E-state index < -0.39 is 0 Å². The molecule has 2 N–H and O–H groups in total. The molecule has 0 aromatic heterocycles. The molecule has 0 fully saturated rings. The van der Waals surface area contributed by atoms with Crippen LogP contribution in [0.4, 0.5) is 0 Å². The minimum absolute atomic E-state index is 0.0849. The summed E-state index contributed by atoms with van der Waals surface area (Å²) < 4.78 is 0. The summed E-state index contributed by atoms with van der Waals surface area (Å²) in [7, 11) is 1.90. The van der Waals surface area contributed by atoms with Crippen LogP contribution < -0.4 is 5.73 Å². The van der Waals surface area contributed by atoms with Crippen molar-refractivity contribution >= 4 is 5.91 Å². The highest BCUT2D eigenvalue weighted by Gasteiger charge is 2.27. The maximum Gasteiger partial charge on any atom is 0.225 e. The van der Waals surface area contributed by atoms with Crippen molar-refractivity contribution in [3.8, 4) is 0 Å². The number of nitrogens with zero attached hydrogens (tertiary/aromatic N) is 1. The SMILES string of the molecule is CC[C@@H](CCCCN)C(=O)N(C)C(C)(C)C. The van der Waals surface area contributed by atoms with E-state index in [-0.39, 0.29) is 17.4 Å². The molecule has 96 valence electrons. The molecule has 0 aliphatic rings. The van der Waals surface area contributed by atoms with Gasteiger partial charge in [0, 0.05) is 18.5 Å². The summed E-state index contributed by atoms with van der Waals surface area (Å²) in [5.74, 6) is 0.433. The van der Waals surface area contributed by atoms with Gasteiger partial charge in [-0.1, -0.05) is 13.3 Å². The van der Waals surface area contributed by atoms with Crippen molar-refractivity contribution in [3.05, 3.63) is 0 Å². The zero-order valence-electron chi connectivity index (χ0n) is 11.5. The molecule has 0 saturated heterocycles. The van der Waals surface area contributed by atoms with Crippen molar-refractivity contribution in [3.63, 3.8) is 0 Å². The zero-order valence-corrected chi connectivity index (χ0v) is 11.5. The lowest BCUT2D eigenvalue weighted by atomic mass is 9.95. The topological polar surface area (TPSA) is 46.3 Å². The fourth-order valence-corrected chi connectivity index (χ4v) is 1.64. The van der Waals surface area contributed by atoms with E-state index >= 15 is 0 Å². The molecule has 0 aliphatic carbocycles. The molecule has 3 heteroatoms. The van der Waals surface area contributed by atoms with E-state index in [2.05, 4.69) is 27.7 Å². The van der Waals surface area contributed by atoms with Crippen LogP contribution in [0, 0.1) is 5.92 Å². The predicted octanol–water partition coefficient (Wildman–Crippen LogP) is 2.40. The fourth-order valence-electron chi connectivity index (χ4n) is 1.64. The Kier molecular flexibility index (Phi) is 6.65. The number of amides is 1. The van der Waals surface area contributed by atoms with E-state index in [0.29, 0.717) is 0 Å². The van der Waals surface area contributed by atoms with Crippen LogP contribution >= 0.6 is 0 Å². The molecule has 3 nitrogen and oxygen atoms in total. The maximum absolute atomic E-state index is 12.2. The quantitative estimate of drug-likeness (QED) is 0.710. The van der Waals surface area contributed by atoms with E-state index in [4.69, 9.17) is 5.73 Å². The first-order valence-corrected chi connectivity index (χ1v) is 6.32. The van der Waals surface area contributed by atoms with E-state index in [1.54, 1.807) is 0 Å². The Bertz CT molecular complexity index is 208. The first-order chi connectivity index (χ1) is 7.34. The molecule has 0 radical (unpaired) electrons. The predicted molar refractivity (Wildman–Crippen MR) is 69.2 cm³/mol. The molecule has 0 bridgehead atoms. The minimum atomic E-state index is -0.0849. The first kappa shape index (κ1) is 15.4. The van der Waals surface area contributed by atoms with Gasteiger partial charge in [-0.25, -0.2) is 0 Å². The Morgan fingerprint density at radius 2 is 1.88 bits per heavy atom. The van der Waals surface area contributed by atoms with Gasteiger partial charge >= 0.3 is 0 Å². The molecular weight excluding hydrogens is 200 g/mol. The molecule has 0 saturated carbocycles. The van der Waals surface area contributed by atoms with E-state index in [9.17, 15) is 4.79 Å². The smallest absolute Gasteiger partial charge is 0.225 e. The number of nitrogens with two attached hydrogens (primary N) is 1. The van der Waals surface area contributed by atoms with Gasteiger partial charge in [0.25, 0.3) is 0 Å². The van der Waals surface area contributed by atoms with Crippen molar-refractivity contribution < 1.29 is 4.79 Å². The molecule has 1 atom stereocenters. The number of carbonyl (C=O) groups excluding carboxylic acids is 1. The molecule has 0 spiro atoms. The second-order valence-corrected chi connectivity index (χ2v) is 5.46. The highest BCUT2D eigenvalue weighted by Crippen LogP contribution is 2.20.